The molecule has 0 atom stereocenters. The summed E-state index contributed by atoms with van der Waals surface area (Å²) < 4.78 is 1.55. The van der Waals surface area contributed by atoms with Crippen molar-refractivity contribution in [1.29, 1.82) is 0 Å². The van der Waals surface area contributed by atoms with E-state index >= 15 is 0 Å². The van der Waals surface area contributed by atoms with Crippen molar-refractivity contribution in [3.05, 3.63) is 40.3 Å². The molecule has 0 aliphatic carbocycles. The lowest BCUT2D eigenvalue weighted by Crippen LogP contribution is -2.18. The molecule has 0 saturated carbocycles. The number of anilines is 1. The maximum absolute atomic E-state index is 12.0. The van der Waals surface area contributed by atoms with Gasteiger partial charge in [-0.05, 0) is 25.0 Å². The molecular weight excluding hydrogens is 288 g/mol. The predicted molar refractivity (Wildman–Crippen MR) is 83.7 cm³/mol. The van der Waals surface area contributed by atoms with Gasteiger partial charge in [-0.15, -0.1) is 5.10 Å². The molecule has 1 aromatic heterocycles. The molecule has 2 N–H and O–H groups in total. The first-order chi connectivity index (χ1) is 10.1. The van der Waals surface area contributed by atoms with Gasteiger partial charge in [-0.1, -0.05) is 36.9 Å². The minimum atomic E-state index is -0.237. The number of para-hydroxylation sites is 1. The number of thioether (sulfide) groups is 1. The molecule has 112 valence electrons. The fraction of sp³-hybridized carbons (Fsp3) is 0.357. The zero-order valence-electron chi connectivity index (χ0n) is 12.0. The zero-order valence-corrected chi connectivity index (χ0v) is 12.9. The lowest BCUT2D eigenvalue weighted by atomic mass is 10.2. The number of aromatic nitrogens is 3. The molecule has 2 aromatic rings. The Morgan fingerprint density at radius 1 is 1.43 bits per heavy atom. The van der Waals surface area contributed by atoms with Crippen LogP contribution in [0.2, 0.25) is 0 Å². The number of carbonyl (C=O) groups excluding carboxylic acids is 1. The van der Waals surface area contributed by atoms with E-state index in [0.717, 1.165) is 17.7 Å². The average molecular weight is 306 g/mol. The van der Waals surface area contributed by atoms with E-state index in [1.807, 2.05) is 38.1 Å². The number of nitrogens with zero attached hydrogens (tertiary/aromatic N) is 2. The van der Waals surface area contributed by atoms with Crippen LogP contribution in [0.25, 0.3) is 0 Å². The Bertz CT molecular complexity index is 678. The molecule has 0 saturated heterocycles. The molecule has 2 rings (SSSR count). The fourth-order valence-electron chi connectivity index (χ4n) is 1.86. The normalized spacial score (nSPS) is 10.6. The van der Waals surface area contributed by atoms with Crippen LogP contribution in [-0.4, -0.2) is 26.4 Å². The van der Waals surface area contributed by atoms with E-state index < -0.39 is 0 Å². The summed E-state index contributed by atoms with van der Waals surface area (Å²) in [4.78, 5) is 23.5. The van der Waals surface area contributed by atoms with Gasteiger partial charge >= 0.3 is 5.69 Å². The number of amides is 1. The van der Waals surface area contributed by atoms with Gasteiger partial charge in [0.2, 0.25) is 5.91 Å². The molecular formula is C14H18N4O2S. The number of hydrogen-bond donors (Lipinski definition) is 2. The second-order valence-electron chi connectivity index (χ2n) is 4.61. The van der Waals surface area contributed by atoms with Crippen LogP contribution in [0.5, 0.6) is 0 Å². The van der Waals surface area contributed by atoms with Crippen LogP contribution in [-0.2, 0) is 11.3 Å². The number of carbonyl (C=O) groups is 1. The molecule has 0 aliphatic rings. The van der Waals surface area contributed by atoms with E-state index in [2.05, 4.69) is 15.5 Å². The summed E-state index contributed by atoms with van der Waals surface area (Å²) in [6.07, 6.45) is 0.836. The van der Waals surface area contributed by atoms with E-state index in [1.54, 1.807) is 4.57 Å². The number of nitrogens with one attached hydrogen (secondary N) is 2. The van der Waals surface area contributed by atoms with Gasteiger partial charge in [0.15, 0.2) is 5.16 Å². The molecule has 0 unspecified atom stereocenters. The van der Waals surface area contributed by atoms with Crippen molar-refractivity contribution in [3.63, 3.8) is 0 Å². The monoisotopic (exact) mass is 306 g/mol. The van der Waals surface area contributed by atoms with Crippen LogP contribution >= 0.6 is 11.8 Å². The van der Waals surface area contributed by atoms with Gasteiger partial charge in [0.05, 0.1) is 5.75 Å². The van der Waals surface area contributed by atoms with Gasteiger partial charge in [-0.2, -0.15) is 0 Å². The molecule has 1 heterocycles. The summed E-state index contributed by atoms with van der Waals surface area (Å²) >= 11 is 1.25. The van der Waals surface area contributed by atoms with E-state index in [-0.39, 0.29) is 17.3 Å². The molecule has 1 amide bonds. The minimum Gasteiger partial charge on any atom is -0.325 e. The molecule has 1 aromatic carbocycles. The van der Waals surface area contributed by atoms with E-state index in [4.69, 9.17) is 0 Å². The van der Waals surface area contributed by atoms with E-state index in [1.165, 1.54) is 11.8 Å². The number of hydrogen-bond acceptors (Lipinski definition) is 4. The lowest BCUT2D eigenvalue weighted by Gasteiger charge is -2.08. The summed E-state index contributed by atoms with van der Waals surface area (Å²) in [5, 5.41) is 9.75. The fourth-order valence-corrected chi connectivity index (χ4v) is 2.64. The Morgan fingerprint density at radius 2 is 2.19 bits per heavy atom. The molecule has 7 heteroatoms. The van der Waals surface area contributed by atoms with Gasteiger partial charge in [0.25, 0.3) is 0 Å². The zero-order chi connectivity index (χ0) is 15.2. The van der Waals surface area contributed by atoms with Crippen molar-refractivity contribution in [2.75, 3.05) is 11.1 Å². The minimum absolute atomic E-state index is 0.118. The van der Waals surface area contributed by atoms with Crippen LogP contribution < -0.4 is 11.0 Å². The molecule has 21 heavy (non-hydrogen) atoms. The van der Waals surface area contributed by atoms with Crippen molar-refractivity contribution in [2.24, 2.45) is 0 Å². The third-order valence-corrected chi connectivity index (χ3v) is 3.90. The van der Waals surface area contributed by atoms with Crippen molar-refractivity contribution >= 4 is 23.4 Å². The highest BCUT2D eigenvalue weighted by Gasteiger charge is 2.11. The third kappa shape index (κ3) is 3.98. The number of H-pyrrole nitrogens is 1. The predicted octanol–water partition coefficient (Wildman–Crippen LogP) is 2.02. The Hall–Kier alpha value is -2.02. The number of aryl methyl sites for hydroxylation is 1. The first kappa shape index (κ1) is 15.4. The van der Waals surface area contributed by atoms with Gasteiger partial charge in [-0.3, -0.25) is 9.36 Å². The second-order valence-corrected chi connectivity index (χ2v) is 5.56. The summed E-state index contributed by atoms with van der Waals surface area (Å²) in [5.41, 5.74) is 1.58. The highest BCUT2D eigenvalue weighted by molar-refractivity contribution is 7.99. The highest BCUT2D eigenvalue weighted by Crippen LogP contribution is 2.16. The van der Waals surface area contributed by atoms with Crippen molar-refractivity contribution < 1.29 is 4.79 Å². The van der Waals surface area contributed by atoms with E-state index in [0.29, 0.717) is 11.7 Å². The largest absolute Gasteiger partial charge is 0.343 e. The Balaban J connectivity index is 1.96. The van der Waals surface area contributed by atoms with Gasteiger partial charge in [0, 0.05) is 12.2 Å². The van der Waals surface area contributed by atoms with Crippen molar-refractivity contribution in [3.8, 4) is 0 Å². The van der Waals surface area contributed by atoms with Crippen molar-refractivity contribution in [1.82, 2.24) is 14.8 Å². The maximum atomic E-state index is 12.0. The van der Waals surface area contributed by atoms with Gasteiger partial charge in [-0.25, -0.2) is 9.89 Å². The first-order valence-corrected chi connectivity index (χ1v) is 7.74. The van der Waals surface area contributed by atoms with E-state index in [9.17, 15) is 9.59 Å². The average Bonchev–Trinajstić information content (AvgIpc) is 2.81. The molecule has 0 fully saturated rings. The van der Waals surface area contributed by atoms with Crippen LogP contribution in [0.3, 0.4) is 0 Å². The quantitative estimate of drug-likeness (QED) is 0.800. The summed E-state index contributed by atoms with van der Waals surface area (Å²) in [5.74, 6) is 0.0929. The summed E-state index contributed by atoms with van der Waals surface area (Å²) in [6.45, 7) is 4.52. The number of rotatable bonds is 6. The van der Waals surface area contributed by atoms with Crippen LogP contribution in [0, 0.1) is 6.92 Å². The topological polar surface area (TPSA) is 79.8 Å². The molecule has 0 radical (unpaired) electrons. The van der Waals surface area contributed by atoms with Crippen molar-refractivity contribution in [2.45, 2.75) is 32.0 Å². The highest BCUT2D eigenvalue weighted by atomic mass is 32.2. The third-order valence-electron chi connectivity index (χ3n) is 2.92. The smallest absolute Gasteiger partial charge is 0.325 e. The standard InChI is InChI=1S/C14H18N4O2S/c1-3-8-18-13(20)16-17-14(18)21-9-12(19)15-11-7-5-4-6-10(11)2/h4-7H,3,8-9H2,1-2H3,(H,15,19)(H,16,20). The second kappa shape index (κ2) is 7.12. The Kier molecular flexibility index (Phi) is 5.21. The maximum Gasteiger partial charge on any atom is 0.343 e. The van der Waals surface area contributed by atoms with Gasteiger partial charge < -0.3 is 5.32 Å². The van der Waals surface area contributed by atoms with Crippen LogP contribution in [0.4, 0.5) is 5.69 Å². The summed E-state index contributed by atoms with van der Waals surface area (Å²) in [6, 6.07) is 7.60. The van der Waals surface area contributed by atoms with Crippen LogP contribution in [0.1, 0.15) is 18.9 Å². The molecule has 0 aliphatic heterocycles. The molecule has 0 bridgehead atoms. The molecule has 6 nitrogen and oxygen atoms in total. The number of aromatic amines is 1. The lowest BCUT2D eigenvalue weighted by molar-refractivity contribution is -0.113. The Morgan fingerprint density at radius 3 is 2.90 bits per heavy atom. The first-order valence-electron chi connectivity index (χ1n) is 6.75. The Labute approximate surface area is 127 Å². The summed E-state index contributed by atoms with van der Waals surface area (Å²) in [7, 11) is 0. The SMILES string of the molecule is CCCn1c(SCC(=O)Nc2ccccc2C)n[nH]c1=O. The molecule has 0 spiro atoms. The van der Waals surface area contributed by atoms with Crippen LogP contribution in [0.15, 0.2) is 34.2 Å². The number of benzene rings is 1. The van der Waals surface area contributed by atoms with Gasteiger partial charge in [0.1, 0.15) is 0 Å².